The Kier molecular flexibility index (Phi) is 1.87. The highest BCUT2D eigenvalue weighted by atomic mass is 32.1. The van der Waals surface area contributed by atoms with E-state index in [9.17, 15) is 0 Å². The molecule has 0 aliphatic carbocycles. The summed E-state index contributed by atoms with van der Waals surface area (Å²) < 4.78 is 1.34. The van der Waals surface area contributed by atoms with Gasteiger partial charge in [-0.3, -0.25) is 0 Å². The molecule has 1 heterocycles. The van der Waals surface area contributed by atoms with E-state index < -0.39 is 0 Å². The van der Waals surface area contributed by atoms with Gasteiger partial charge < -0.3 is 5.73 Å². The van der Waals surface area contributed by atoms with Crippen LogP contribution in [-0.4, -0.2) is 0 Å². The van der Waals surface area contributed by atoms with Gasteiger partial charge in [-0.25, -0.2) is 0 Å². The van der Waals surface area contributed by atoms with Crippen molar-refractivity contribution in [1.82, 2.24) is 0 Å². The van der Waals surface area contributed by atoms with Crippen LogP contribution in [0.3, 0.4) is 0 Å². The summed E-state index contributed by atoms with van der Waals surface area (Å²) in [5.41, 5.74) is 8.18. The quantitative estimate of drug-likeness (QED) is 0.712. The zero-order valence-corrected chi connectivity index (χ0v) is 7.82. The first-order valence-corrected chi connectivity index (χ1v) is 4.86. The van der Waals surface area contributed by atoms with Crippen LogP contribution in [0.15, 0.2) is 23.6 Å². The molecule has 1 aromatic carbocycles. The Hall–Kier alpha value is -0.860. The van der Waals surface area contributed by atoms with E-state index in [1.54, 1.807) is 11.3 Å². The summed E-state index contributed by atoms with van der Waals surface area (Å²) in [7, 11) is 0. The fourth-order valence-electron chi connectivity index (χ4n) is 1.35. The molecule has 0 unspecified atom stereocenters. The SMILES string of the molecule is Cc1ccc2c(CN)csc2c1. The van der Waals surface area contributed by atoms with Gasteiger partial charge in [-0.05, 0) is 34.9 Å². The monoisotopic (exact) mass is 177 g/mol. The minimum Gasteiger partial charge on any atom is -0.326 e. The molecule has 0 bridgehead atoms. The van der Waals surface area contributed by atoms with Gasteiger partial charge >= 0.3 is 0 Å². The number of aryl methyl sites for hydroxylation is 1. The van der Waals surface area contributed by atoms with Gasteiger partial charge in [0.05, 0.1) is 0 Å². The van der Waals surface area contributed by atoms with Crippen LogP contribution in [0.1, 0.15) is 11.1 Å². The average Bonchev–Trinajstić information content (AvgIpc) is 2.46. The topological polar surface area (TPSA) is 26.0 Å². The van der Waals surface area contributed by atoms with E-state index in [1.165, 1.54) is 21.2 Å². The molecule has 2 aromatic rings. The maximum absolute atomic E-state index is 5.61. The molecule has 2 rings (SSSR count). The lowest BCUT2D eigenvalue weighted by Crippen LogP contribution is -1.93. The molecule has 0 fully saturated rings. The van der Waals surface area contributed by atoms with E-state index in [-0.39, 0.29) is 0 Å². The van der Waals surface area contributed by atoms with Gasteiger partial charge in [0.2, 0.25) is 0 Å². The van der Waals surface area contributed by atoms with Crippen molar-refractivity contribution in [3.8, 4) is 0 Å². The van der Waals surface area contributed by atoms with Gasteiger partial charge in [0.1, 0.15) is 0 Å². The second-order valence-corrected chi connectivity index (χ2v) is 3.88. The molecule has 1 aromatic heterocycles. The van der Waals surface area contributed by atoms with E-state index in [2.05, 4.69) is 30.5 Å². The molecule has 0 atom stereocenters. The molecule has 0 amide bonds. The molecule has 0 radical (unpaired) electrons. The number of benzene rings is 1. The fraction of sp³-hybridized carbons (Fsp3) is 0.200. The summed E-state index contributed by atoms with van der Waals surface area (Å²) in [6, 6.07) is 6.50. The third-order valence-corrected chi connectivity index (χ3v) is 3.03. The lowest BCUT2D eigenvalue weighted by molar-refractivity contribution is 1.09. The first kappa shape index (κ1) is 7.77. The Morgan fingerprint density at radius 3 is 3.00 bits per heavy atom. The molecular formula is C10H11NS. The van der Waals surface area contributed by atoms with Crippen molar-refractivity contribution in [3.63, 3.8) is 0 Å². The van der Waals surface area contributed by atoms with Crippen molar-refractivity contribution >= 4 is 21.4 Å². The van der Waals surface area contributed by atoms with Gasteiger partial charge in [-0.2, -0.15) is 0 Å². The van der Waals surface area contributed by atoms with E-state index in [0.717, 1.165) is 0 Å². The van der Waals surface area contributed by atoms with E-state index in [1.807, 2.05) is 0 Å². The van der Waals surface area contributed by atoms with Crippen LogP contribution >= 0.6 is 11.3 Å². The molecule has 62 valence electrons. The minimum atomic E-state index is 0.642. The van der Waals surface area contributed by atoms with Crippen molar-refractivity contribution in [2.75, 3.05) is 0 Å². The summed E-state index contributed by atoms with van der Waals surface area (Å²) in [4.78, 5) is 0. The van der Waals surface area contributed by atoms with Gasteiger partial charge in [0.25, 0.3) is 0 Å². The Morgan fingerprint density at radius 1 is 1.42 bits per heavy atom. The third-order valence-electron chi connectivity index (χ3n) is 2.03. The Balaban J connectivity index is 2.73. The predicted molar refractivity (Wildman–Crippen MR) is 54.5 cm³/mol. The molecule has 0 aliphatic rings. The number of hydrogen-bond donors (Lipinski definition) is 1. The molecule has 12 heavy (non-hydrogen) atoms. The van der Waals surface area contributed by atoms with Crippen molar-refractivity contribution in [3.05, 3.63) is 34.7 Å². The van der Waals surface area contributed by atoms with Crippen LogP contribution in [0.2, 0.25) is 0 Å². The predicted octanol–water partition coefficient (Wildman–Crippen LogP) is 2.67. The first-order valence-electron chi connectivity index (χ1n) is 3.98. The van der Waals surface area contributed by atoms with Crippen molar-refractivity contribution in [2.24, 2.45) is 5.73 Å². The highest BCUT2D eigenvalue weighted by molar-refractivity contribution is 7.17. The molecule has 2 heteroatoms. The fourth-order valence-corrected chi connectivity index (χ4v) is 2.42. The van der Waals surface area contributed by atoms with E-state index >= 15 is 0 Å². The highest BCUT2D eigenvalue weighted by Gasteiger charge is 2.00. The lowest BCUT2D eigenvalue weighted by Gasteiger charge is -1.94. The second-order valence-electron chi connectivity index (χ2n) is 2.96. The largest absolute Gasteiger partial charge is 0.326 e. The van der Waals surface area contributed by atoms with Crippen LogP contribution in [-0.2, 0) is 6.54 Å². The molecular weight excluding hydrogens is 166 g/mol. The molecule has 0 spiro atoms. The number of hydrogen-bond acceptors (Lipinski definition) is 2. The van der Waals surface area contributed by atoms with Crippen molar-refractivity contribution < 1.29 is 0 Å². The normalized spacial score (nSPS) is 10.8. The van der Waals surface area contributed by atoms with Crippen LogP contribution in [0.5, 0.6) is 0 Å². The Bertz CT molecular complexity index is 403. The molecule has 1 nitrogen and oxygen atoms in total. The Labute approximate surface area is 75.8 Å². The second kappa shape index (κ2) is 2.88. The van der Waals surface area contributed by atoms with Crippen molar-refractivity contribution in [2.45, 2.75) is 13.5 Å². The van der Waals surface area contributed by atoms with Crippen molar-refractivity contribution in [1.29, 1.82) is 0 Å². The number of fused-ring (bicyclic) bond motifs is 1. The summed E-state index contributed by atoms with van der Waals surface area (Å²) in [5, 5.41) is 3.46. The average molecular weight is 177 g/mol. The Morgan fingerprint density at radius 2 is 2.25 bits per heavy atom. The van der Waals surface area contributed by atoms with Crippen LogP contribution < -0.4 is 5.73 Å². The van der Waals surface area contributed by atoms with Crippen LogP contribution in [0.25, 0.3) is 10.1 Å². The summed E-state index contributed by atoms with van der Waals surface area (Å²) >= 11 is 1.77. The number of thiophene rings is 1. The zero-order valence-electron chi connectivity index (χ0n) is 7.00. The maximum atomic E-state index is 5.61. The van der Waals surface area contributed by atoms with Gasteiger partial charge in [-0.1, -0.05) is 12.1 Å². The third kappa shape index (κ3) is 1.13. The summed E-state index contributed by atoms with van der Waals surface area (Å²) in [6.45, 7) is 2.75. The molecule has 0 aliphatic heterocycles. The standard InChI is InChI=1S/C10H11NS/c1-7-2-3-9-8(5-11)6-12-10(9)4-7/h2-4,6H,5,11H2,1H3. The lowest BCUT2D eigenvalue weighted by atomic mass is 10.1. The van der Waals surface area contributed by atoms with Gasteiger partial charge in [0.15, 0.2) is 0 Å². The smallest absolute Gasteiger partial charge is 0.0348 e. The van der Waals surface area contributed by atoms with Gasteiger partial charge in [0, 0.05) is 11.2 Å². The van der Waals surface area contributed by atoms with Crippen LogP contribution in [0.4, 0.5) is 0 Å². The summed E-state index contributed by atoms with van der Waals surface area (Å²) in [6.07, 6.45) is 0. The maximum Gasteiger partial charge on any atom is 0.0348 e. The zero-order chi connectivity index (χ0) is 8.55. The molecule has 2 N–H and O–H groups in total. The van der Waals surface area contributed by atoms with E-state index in [4.69, 9.17) is 5.73 Å². The minimum absolute atomic E-state index is 0.642. The van der Waals surface area contributed by atoms with Gasteiger partial charge in [-0.15, -0.1) is 11.3 Å². The van der Waals surface area contributed by atoms with Crippen LogP contribution in [0, 0.1) is 6.92 Å². The summed E-state index contributed by atoms with van der Waals surface area (Å²) in [5.74, 6) is 0. The number of rotatable bonds is 1. The molecule has 0 saturated heterocycles. The molecule has 0 saturated carbocycles. The van der Waals surface area contributed by atoms with E-state index in [0.29, 0.717) is 6.54 Å². The highest BCUT2D eigenvalue weighted by Crippen LogP contribution is 2.26. The first-order chi connectivity index (χ1) is 5.81. The number of nitrogens with two attached hydrogens (primary N) is 1.